The summed E-state index contributed by atoms with van der Waals surface area (Å²) < 4.78 is 0. The summed E-state index contributed by atoms with van der Waals surface area (Å²) >= 11 is 0. The normalized spacial score (nSPS) is 29.0. The molecule has 1 unspecified atom stereocenters. The van der Waals surface area contributed by atoms with Gasteiger partial charge in [0.15, 0.2) is 5.78 Å². The van der Waals surface area contributed by atoms with Gasteiger partial charge in [0.2, 0.25) is 0 Å². The van der Waals surface area contributed by atoms with Crippen LogP contribution in [0.2, 0.25) is 0 Å². The van der Waals surface area contributed by atoms with E-state index in [1.807, 2.05) is 13.0 Å². The fourth-order valence-corrected chi connectivity index (χ4v) is 1.65. The Morgan fingerprint density at radius 2 is 2.31 bits per heavy atom. The van der Waals surface area contributed by atoms with Crippen LogP contribution in [0.3, 0.4) is 0 Å². The predicted molar refractivity (Wildman–Crippen MR) is 55.5 cm³/mol. The van der Waals surface area contributed by atoms with E-state index < -0.39 is 0 Å². The van der Waals surface area contributed by atoms with Crippen LogP contribution in [0.15, 0.2) is 23.8 Å². The second-order valence-corrected chi connectivity index (χ2v) is 4.18. The molecular formula is C12H18O. The van der Waals surface area contributed by atoms with Gasteiger partial charge in [-0.2, -0.15) is 0 Å². The van der Waals surface area contributed by atoms with E-state index in [1.54, 1.807) is 6.08 Å². The second kappa shape index (κ2) is 3.91. The number of carbonyl (C=O) groups excluding carboxylic acids is 1. The fourth-order valence-electron chi connectivity index (χ4n) is 1.65. The van der Waals surface area contributed by atoms with Crippen LogP contribution in [-0.2, 0) is 4.79 Å². The molecule has 1 atom stereocenters. The molecule has 1 aliphatic rings. The van der Waals surface area contributed by atoms with Gasteiger partial charge in [0.05, 0.1) is 0 Å². The Balaban J connectivity index is 2.73. The number of carbonyl (C=O) groups is 1. The average molecular weight is 178 g/mol. The van der Waals surface area contributed by atoms with Crippen LogP contribution < -0.4 is 0 Å². The molecule has 0 aliphatic heterocycles. The van der Waals surface area contributed by atoms with Crippen molar-refractivity contribution >= 4 is 5.78 Å². The topological polar surface area (TPSA) is 17.1 Å². The van der Waals surface area contributed by atoms with E-state index in [2.05, 4.69) is 19.9 Å². The molecule has 1 heteroatoms. The van der Waals surface area contributed by atoms with E-state index in [-0.39, 0.29) is 11.2 Å². The van der Waals surface area contributed by atoms with E-state index in [4.69, 9.17) is 0 Å². The summed E-state index contributed by atoms with van der Waals surface area (Å²) in [5.41, 5.74) is 1.29. The molecule has 0 spiro atoms. The zero-order chi connectivity index (χ0) is 9.90. The van der Waals surface area contributed by atoms with Gasteiger partial charge < -0.3 is 0 Å². The lowest BCUT2D eigenvalue weighted by Gasteiger charge is -2.29. The molecule has 0 saturated heterocycles. The molecule has 13 heavy (non-hydrogen) atoms. The summed E-state index contributed by atoms with van der Waals surface area (Å²) in [6.07, 6.45) is 8.71. The number of ketones is 1. The second-order valence-electron chi connectivity index (χ2n) is 4.18. The highest BCUT2D eigenvalue weighted by molar-refractivity contribution is 5.94. The van der Waals surface area contributed by atoms with E-state index in [1.165, 1.54) is 5.57 Å². The summed E-state index contributed by atoms with van der Waals surface area (Å²) in [5.74, 6) is 0.277. The molecule has 0 bridgehead atoms. The van der Waals surface area contributed by atoms with Crippen molar-refractivity contribution in [3.05, 3.63) is 23.8 Å². The lowest BCUT2D eigenvalue weighted by molar-refractivity contribution is -0.123. The Morgan fingerprint density at radius 1 is 1.62 bits per heavy atom. The van der Waals surface area contributed by atoms with Crippen molar-refractivity contribution in [1.82, 2.24) is 0 Å². The molecule has 1 aliphatic carbocycles. The highest BCUT2D eigenvalue weighted by Crippen LogP contribution is 2.35. The molecule has 0 fully saturated rings. The molecule has 0 aromatic rings. The Morgan fingerprint density at radius 3 is 2.77 bits per heavy atom. The van der Waals surface area contributed by atoms with Gasteiger partial charge >= 0.3 is 0 Å². The first-order valence-electron chi connectivity index (χ1n) is 4.91. The zero-order valence-electron chi connectivity index (χ0n) is 8.76. The minimum atomic E-state index is -0.133. The molecular weight excluding hydrogens is 160 g/mol. The third kappa shape index (κ3) is 2.30. The first-order chi connectivity index (χ1) is 6.08. The first kappa shape index (κ1) is 10.2. The smallest absolute Gasteiger partial charge is 0.161 e. The number of hydrogen-bond donors (Lipinski definition) is 0. The molecule has 0 heterocycles. The van der Waals surface area contributed by atoms with E-state index >= 15 is 0 Å². The van der Waals surface area contributed by atoms with Crippen LogP contribution in [0, 0.1) is 5.41 Å². The van der Waals surface area contributed by atoms with Crippen molar-refractivity contribution in [2.75, 3.05) is 0 Å². The maximum atomic E-state index is 11.7. The quantitative estimate of drug-likeness (QED) is 0.468. The molecule has 0 saturated carbocycles. The number of rotatable bonds is 2. The van der Waals surface area contributed by atoms with Gasteiger partial charge in [-0.25, -0.2) is 0 Å². The minimum absolute atomic E-state index is 0.133. The van der Waals surface area contributed by atoms with Gasteiger partial charge in [-0.05, 0) is 39.2 Å². The van der Waals surface area contributed by atoms with E-state index in [9.17, 15) is 4.79 Å². The van der Waals surface area contributed by atoms with Crippen molar-refractivity contribution in [1.29, 1.82) is 0 Å². The third-order valence-corrected chi connectivity index (χ3v) is 2.89. The standard InChI is InChI=1S/C12H18O/c1-4-5-11(13)12(3)8-6-10(2)7-9-12/h4-6H,7-9H2,1-3H3/b5-4-. The summed E-state index contributed by atoms with van der Waals surface area (Å²) in [7, 11) is 0. The average Bonchev–Trinajstić information content (AvgIpc) is 2.11. The monoisotopic (exact) mass is 178 g/mol. The van der Waals surface area contributed by atoms with Gasteiger partial charge in [-0.3, -0.25) is 4.79 Å². The Kier molecular flexibility index (Phi) is 3.07. The van der Waals surface area contributed by atoms with Crippen LogP contribution in [0.4, 0.5) is 0 Å². The van der Waals surface area contributed by atoms with Crippen LogP contribution in [0.5, 0.6) is 0 Å². The zero-order valence-corrected chi connectivity index (χ0v) is 8.76. The van der Waals surface area contributed by atoms with Crippen LogP contribution in [0.25, 0.3) is 0 Å². The Hall–Kier alpha value is -0.850. The Labute approximate surface area is 80.5 Å². The highest BCUT2D eigenvalue weighted by Gasteiger charge is 2.31. The van der Waals surface area contributed by atoms with Gasteiger partial charge in [0.1, 0.15) is 0 Å². The summed E-state index contributed by atoms with van der Waals surface area (Å²) in [5, 5.41) is 0. The van der Waals surface area contributed by atoms with Crippen molar-refractivity contribution < 1.29 is 4.79 Å². The lowest BCUT2D eigenvalue weighted by Crippen LogP contribution is -2.27. The Bertz CT molecular complexity index is 260. The molecule has 0 radical (unpaired) electrons. The molecule has 0 aromatic heterocycles. The minimum Gasteiger partial charge on any atom is -0.294 e. The molecule has 1 rings (SSSR count). The van der Waals surface area contributed by atoms with Gasteiger partial charge in [0.25, 0.3) is 0 Å². The summed E-state index contributed by atoms with van der Waals surface area (Å²) in [6.45, 7) is 6.10. The van der Waals surface area contributed by atoms with Crippen molar-refractivity contribution in [2.45, 2.75) is 40.0 Å². The predicted octanol–water partition coefficient (Wildman–Crippen LogP) is 3.27. The highest BCUT2D eigenvalue weighted by atomic mass is 16.1. The van der Waals surface area contributed by atoms with Gasteiger partial charge in [-0.1, -0.05) is 24.6 Å². The third-order valence-electron chi connectivity index (χ3n) is 2.89. The maximum Gasteiger partial charge on any atom is 0.161 e. The number of hydrogen-bond acceptors (Lipinski definition) is 1. The molecule has 0 N–H and O–H groups in total. The maximum absolute atomic E-state index is 11.7. The van der Waals surface area contributed by atoms with Crippen molar-refractivity contribution in [2.24, 2.45) is 5.41 Å². The first-order valence-corrected chi connectivity index (χ1v) is 4.91. The SMILES string of the molecule is C/C=C\C(=O)C1(C)CC=C(C)CC1. The van der Waals surface area contributed by atoms with Crippen molar-refractivity contribution in [3.63, 3.8) is 0 Å². The van der Waals surface area contributed by atoms with Crippen LogP contribution >= 0.6 is 0 Å². The summed E-state index contributed by atoms with van der Waals surface area (Å²) in [6, 6.07) is 0. The van der Waals surface area contributed by atoms with E-state index in [0.717, 1.165) is 19.3 Å². The van der Waals surface area contributed by atoms with Crippen molar-refractivity contribution in [3.8, 4) is 0 Å². The van der Waals surface area contributed by atoms with Crippen LogP contribution in [0.1, 0.15) is 40.0 Å². The van der Waals surface area contributed by atoms with E-state index in [0.29, 0.717) is 0 Å². The van der Waals surface area contributed by atoms with Gasteiger partial charge in [-0.15, -0.1) is 0 Å². The largest absolute Gasteiger partial charge is 0.294 e. The molecule has 0 aromatic carbocycles. The number of allylic oxidation sites excluding steroid dienone is 4. The molecule has 0 amide bonds. The van der Waals surface area contributed by atoms with Gasteiger partial charge in [0, 0.05) is 5.41 Å². The lowest BCUT2D eigenvalue weighted by atomic mass is 9.73. The fraction of sp³-hybridized carbons (Fsp3) is 0.583. The molecule has 72 valence electrons. The summed E-state index contributed by atoms with van der Waals surface area (Å²) in [4.78, 5) is 11.7. The van der Waals surface area contributed by atoms with Crippen LogP contribution in [-0.4, -0.2) is 5.78 Å². The molecule has 1 nitrogen and oxygen atoms in total.